The lowest BCUT2D eigenvalue weighted by Crippen LogP contribution is -2.24. The highest BCUT2D eigenvalue weighted by molar-refractivity contribution is 5.40. The van der Waals surface area contributed by atoms with E-state index in [-0.39, 0.29) is 18.0 Å². The van der Waals surface area contributed by atoms with E-state index in [1.54, 1.807) is 6.07 Å². The topological polar surface area (TPSA) is 35.2 Å². The summed E-state index contributed by atoms with van der Waals surface area (Å²) in [5.41, 5.74) is 9.15. The number of hydrogen-bond acceptors (Lipinski definition) is 2. The first kappa shape index (κ1) is 12.2. The molecule has 2 atom stereocenters. The van der Waals surface area contributed by atoms with E-state index in [9.17, 15) is 4.39 Å². The zero-order chi connectivity index (χ0) is 13.4. The van der Waals surface area contributed by atoms with Gasteiger partial charge in [-0.25, -0.2) is 4.39 Å². The summed E-state index contributed by atoms with van der Waals surface area (Å²) in [6, 6.07) is 12.6. The first-order chi connectivity index (χ1) is 9.15. The molecule has 0 amide bonds. The molecule has 2 aromatic rings. The van der Waals surface area contributed by atoms with Crippen LogP contribution in [0.5, 0.6) is 5.75 Å². The standard InChI is InChI=1S/C16H16FNO/c1-10-8-11(17)6-7-12(10)16-9-14(18)13-4-2-3-5-15(13)19-16/h2-8,14,16H,9,18H2,1H3/t14-,16?/m0/s1. The van der Waals surface area contributed by atoms with E-state index in [2.05, 4.69) is 0 Å². The molecular weight excluding hydrogens is 241 g/mol. The minimum Gasteiger partial charge on any atom is -0.485 e. The Hall–Kier alpha value is -1.87. The van der Waals surface area contributed by atoms with Gasteiger partial charge in [0.05, 0.1) is 0 Å². The highest BCUT2D eigenvalue weighted by Gasteiger charge is 2.27. The summed E-state index contributed by atoms with van der Waals surface area (Å²) >= 11 is 0. The third kappa shape index (κ3) is 2.22. The van der Waals surface area contributed by atoms with Gasteiger partial charge in [-0.2, -0.15) is 0 Å². The number of para-hydroxylation sites is 1. The molecule has 3 heteroatoms. The van der Waals surface area contributed by atoms with Gasteiger partial charge in [0.25, 0.3) is 0 Å². The highest BCUT2D eigenvalue weighted by atomic mass is 19.1. The van der Waals surface area contributed by atoms with Crippen molar-refractivity contribution in [3.05, 3.63) is 65.0 Å². The lowest BCUT2D eigenvalue weighted by Gasteiger charge is -2.31. The van der Waals surface area contributed by atoms with E-state index in [1.165, 1.54) is 12.1 Å². The van der Waals surface area contributed by atoms with Crippen LogP contribution >= 0.6 is 0 Å². The van der Waals surface area contributed by atoms with Crippen molar-refractivity contribution in [3.63, 3.8) is 0 Å². The fourth-order valence-corrected chi connectivity index (χ4v) is 2.64. The van der Waals surface area contributed by atoms with E-state index in [1.807, 2.05) is 31.2 Å². The normalized spacial score (nSPS) is 21.6. The third-order valence-corrected chi connectivity index (χ3v) is 3.63. The zero-order valence-electron chi connectivity index (χ0n) is 10.8. The van der Waals surface area contributed by atoms with Crippen LogP contribution in [0.2, 0.25) is 0 Å². The molecule has 2 aromatic carbocycles. The first-order valence-electron chi connectivity index (χ1n) is 6.42. The van der Waals surface area contributed by atoms with Crippen molar-refractivity contribution >= 4 is 0 Å². The van der Waals surface area contributed by atoms with Gasteiger partial charge in [-0.1, -0.05) is 24.3 Å². The van der Waals surface area contributed by atoms with E-state index in [0.717, 1.165) is 22.4 Å². The predicted molar refractivity (Wildman–Crippen MR) is 72.5 cm³/mol. The molecule has 2 N–H and O–H groups in total. The Labute approximate surface area is 112 Å². The zero-order valence-corrected chi connectivity index (χ0v) is 10.8. The second-order valence-electron chi connectivity index (χ2n) is 4.99. The Kier molecular flexibility index (Phi) is 2.99. The molecule has 0 bridgehead atoms. The number of benzene rings is 2. The maximum absolute atomic E-state index is 13.2. The Balaban J connectivity index is 1.97. The molecule has 0 aromatic heterocycles. The Morgan fingerprint density at radius 2 is 1.95 bits per heavy atom. The third-order valence-electron chi connectivity index (χ3n) is 3.63. The second-order valence-corrected chi connectivity index (χ2v) is 4.99. The summed E-state index contributed by atoms with van der Waals surface area (Å²) in [4.78, 5) is 0. The number of aryl methyl sites for hydroxylation is 1. The number of rotatable bonds is 1. The molecule has 19 heavy (non-hydrogen) atoms. The average Bonchev–Trinajstić information content (AvgIpc) is 2.38. The van der Waals surface area contributed by atoms with Crippen LogP contribution in [0.3, 0.4) is 0 Å². The van der Waals surface area contributed by atoms with Gasteiger partial charge in [0.1, 0.15) is 17.7 Å². The molecule has 0 spiro atoms. The van der Waals surface area contributed by atoms with Gasteiger partial charge >= 0.3 is 0 Å². The molecular formula is C16H16FNO. The van der Waals surface area contributed by atoms with Crippen molar-refractivity contribution in [2.45, 2.75) is 25.5 Å². The van der Waals surface area contributed by atoms with Gasteiger partial charge in [0, 0.05) is 18.0 Å². The van der Waals surface area contributed by atoms with Gasteiger partial charge in [0.2, 0.25) is 0 Å². The van der Waals surface area contributed by atoms with Crippen molar-refractivity contribution < 1.29 is 9.13 Å². The summed E-state index contributed by atoms with van der Waals surface area (Å²) in [5, 5.41) is 0. The number of nitrogens with two attached hydrogens (primary N) is 1. The van der Waals surface area contributed by atoms with Crippen LogP contribution in [-0.4, -0.2) is 0 Å². The van der Waals surface area contributed by atoms with E-state index in [0.29, 0.717) is 6.42 Å². The Morgan fingerprint density at radius 1 is 1.16 bits per heavy atom. The minimum absolute atomic E-state index is 0.0422. The van der Waals surface area contributed by atoms with Crippen LogP contribution in [0.25, 0.3) is 0 Å². The number of halogens is 1. The van der Waals surface area contributed by atoms with Gasteiger partial charge < -0.3 is 10.5 Å². The SMILES string of the molecule is Cc1cc(F)ccc1C1C[C@H](N)c2ccccc2O1. The van der Waals surface area contributed by atoms with E-state index >= 15 is 0 Å². The molecule has 0 aliphatic carbocycles. The largest absolute Gasteiger partial charge is 0.485 e. The van der Waals surface area contributed by atoms with Crippen LogP contribution in [0.1, 0.15) is 35.3 Å². The van der Waals surface area contributed by atoms with Crippen molar-refractivity contribution in [1.82, 2.24) is 0 Å². The van der Waals surface area contributed by atoms with Crippen molar-refractivity contribution in [2.75, 3.05) is 0 Å². The monoisotopic (exact) mass is 257 g/mol. The van der Waals surface area contributed by atoms with Crippen LogP contribution in [0, 0.1) is 12.7 Å². The molecule has 0 saturated heterocycles. The fourth-order valence-electron chi connectivity index (χ4n) is 2.64. The van der Waals surface area contributed by atoms with Gasteiger partial charge in [-0.3, -0.25) is 0 Å². The average molecular weight is 257 g/mol. The van der Waals surface area contributed by atoms with Gasteiger partial charge in [0.15, 0.2) is 0 Å². The van der Waals surface area contributed by atoms with E-state index < -0.39 is 0 Å². The number of fused-ring (bicyclic) bond motifs is 1. The van der Waals surface area contributed by atoms with Crippen LogP contribution in [0.15, 0.2) is 42.5 Å². The summed E-state index contributed by atoms with van der Waals surface area (Å²) < 4.78 is 19.2. The predicted octanol–water partition coefficient (Wildman–Crippen LogP) is 3.66. The molecule has 0 fully saturated rings. The molecule has 0 saturated carbocycles. The van der Waals surface area contributed by atoms with Crippen LogP contribution in [-0.2, 0) is 0 Å². The molecule has 0 radical (unpaired) electrons. The second kappa shape index (κ2) is 4.67. The maximum atomic E-state index is 13.2. The molecule has 2 nitrogen and oxygen atoms in total. The van der Waals surface area contributed by atoms with Gasteiger partial charge in [-0.15, -0.1) is 0 Å². The Morgan fingerprint density at radius 3 is 2.74 bits per heavy atom. The number of ether oxygens (including phenoxy) is 1. The fraction of sp³-hybridized carbons (Fsp3) is 0.250. The van der Waals surface area contributed by atoms with Crippen molar-refractivity contribution in [1.29, 1.82) is 0 Å². The lowest BCUT2D eigenvalue weighted by atomic mass is 9.92. The molecule has 3 rings (SSSR count). The molecule has 1 aliphatic heterocycles. The summed E-state index contributed by atoms with van der Waals surface area (Å²) in [7, 11) is 0. The van der Waals surface area contributed by atoms with Gasteiger partial charge in [-0.05, 0) is 36.2 Å². The Bertz CT molecular complexity index is 611. The minimum atomic E-state index is -0.221. The smallest absolute Gasteiger partial charge is 0.126 e. The maximum Gasteiger partial charge on any atom is 0.126 e. The lowest BCUT2D eigenvalue weighted by molar-refractivity contribution is 0.161. The van der Waals surface area contributed by atoms with Crippen LogP contribution in [0.4, 0.5) is 4.39 Å². The molecule has 1 heterocycles. The van der Waals surface area contributed by atoms with E-state index in [4.69, 9.17) is 10.5 Å². The summed E-state index contributed by atoms with van der Waals surface area (Å²) in [6.07, 6.45) is 0.606. The van der Waals surface area contributed by atoms with Crippen LogP contribution < -0.4 is 10.5 Å². The molecule has 1 aliphatic rings. The molecule has 1 unspecified atom stereocenters. The number of hydrogen-bond donors (Lipinski definition) is 1. The molecule has 98 valence electrons. The summed E-state index contributed by atoms with van der Waals surface area (Å²) in [6.45, 7) is 1.90. The first-order valence-corrected chi connectivity index (χ1v) is 6.42. The quantitative estimate of drug-likeness (QED) is 0.846. The van der Waals surface area contributed by atoms with Crippen molar-refractivity contribution in [2.24, 2.45) is 5.73 Å². The van der Waals surface area contributed by atoms with Crippen molar-refractivity contribution in [3.8, 4) is 5.75 Å². The highest BCUT2D eigenvalue weighted by Crippen LogP contribution is 2.40. The summed E-state index contributed by atoms with van der Waals surface area (Å²) in [5.74, 6) is 0.608.